The molecule has 20 heavy (non-hydrogen) atoms. The molecule has 0 amide bonds. The largest absolute Gasteiger partial charge is 0.481 e. The Kier molecular flexibility index (Phi) is 7.04. The molecule has 5 nitrogen and oxygen atoms in total. The van der Waals surface area contributed by atoms with E-state index in [4.69, 9.17) is 21.8 Å². The summed E-state index contributed by atoms with van der Waals surface area (Å²) in [5.74, 6) is -2.00. The molecule has 2 rings (SSSR count). The summed E-state index contributed by atoms with van der Waals surface area (Å²) in [4.78, 5) is 18.9. The molecule has 0 aliphatic carbocycles. The molecule has 0 bridgehead atoms. The third-order valence-electron chi connectivity index (χ3n) is 2.87. The van der Waals surface area contributed by atoms with Gasteiger partial charge in [-0.3, -0.25) is 9.59 Å². The topological polar surface area (TPSA) is 86.6 Å². The Hall–Kier alpha value is -1.59. The van der Waals surface area contributed by atoms with Gasteiger partial charge in [0.1, 0.15) is 6.42 Å². The molecule has 0 spiro atoms. The highest BCUT2D eigenvalue weighted by Crippen LogP contribution is 2.16. The van der Waals surface area contributed by atoms with Crippen molar-refractivity contribution in [3.63, 3.8) is 0 Å². The smallest absolute Gasteiger partial charge is 0.314 e. The van der Waals surface area contributed by atoms with Crippen molar-refractivity contribution in [2.75, 3.05) is 13.1 Å². The Morgan fingerprint density at radius 2 is 1.70 bits per heavy atom. The molecule has 0 unspecified atom stereocenters. The van der Waals surface area contributed by atoms with E-state index in [1.807, 2.05) is 0 Å². The van der Waals surface area contributed by atoms with Gasteiger partial charge >= 0.3 is 11.9 Å². The zero-order valence-electron chi connectivity index (χ0n) is 11.1. The fourth-order valence-electron chi connectivity index (χ4n) is 1.94. The summed E-state index contributed by atoms with van der Waals surface area (Å²) in [6.07, 6.45) is 1.48. The average molecular weight is 300 g/mol. The predicted molar refractivity (Wildman–Crippen MR) is 76.2 cm³/mol. The third-order valence-corrected chi connectivity index (χ3v) is 3.18. The lowest BCUT2D eigenvalue weighted by Gasteiger charge is -2.06. The van der Waals surface area contributed by atoms with Crippen LogP contribution >= 0.6 is 11.6 Å². The van der Waals surface area contributed by atoms with Crippen LogP contribution in [0, 0.1) is 0 Å². The van der Waals surface area contributed by atoms with Gasteiger partial charge in [-0.1, -0.05) is 18.2 Å². The first-order valence-corrected chi connectivity index (χ1v) is 6.87. The molecule has 1 aliphatic rings. The van der Waals surface area contributed by atoms with Gasteiger partial charge in [0, 0.05) is 5.88 Å². The molecule has 3 N–H and O–H groups in total. The minimum Gasteiger partial charge on any atom is -0.481 e. The molecule has 0 atom stereocenters. The van der Waals surface area contributed by atoms with Crippen LogP contribution in [0.25, 0.3) is 0 Å². The number of alkyl halides is 1. The Morgan fingerprint density at radius 1 is 1.10 bits per heavy atom. The molecule has 1 aromatic carbocycles. The van der Waals surface area contributed by atoms with E-state index < -0.39 is 18.4 Å². The van der Waals surface area contributed by atoms with Crippen molar-refractivity contribution in [3.05, 3.63) is 34.9 Å². The standard InChI is InChI=1S/C11H14ClN.C3H4O4/c12-8-9-1-2-10-3-5-13-6-4-11(10)7-9;4-2(5)1-3(6)7/h1-2,7,13H,3-6,8H2;1H2,(H,4,5)(H,6,7). The second-order valence-corrected chi connectivity index (χ2v) is 4.72. The van der Waals surface area contributed by atoms with Gasteiger partial charge in [0.15, 0.2) is 0 Å². The van der Waals surface area contributed by atoms with Crippen molar-refractivity contribution < 1.29 is 19.8 Å². The van der Waals surface area contributed by atoms with Gasteiger partial charge in [-0.15, -0.1) is 11.6 Å². The molecule has 110 valence electrons. The molecule has 1 aliphatic heterocycles. The van der Waals surface area contributed by atoms with E-state index in [1.54, 1.807) is 0 Å². The maximum atomic E-state index is 9.43. The second-order valence-electron chi connectivity index (χ2n) is 4.45. The average Bonchev–Trinajstić information content (AvgIpc) is 2.61. The lowest BCUT2D eigenvalue weighted by molar-refractivity contribution is -0.147. The number of carboxylic acid groups (broad SMARTS) is 2. The molecule has 0 saturated heterocycles. The first-order valence-electron chi connectivity index (χ1n) is 6.34. The van der Waals surface area contributed by atoms with E-state index in [9.17, 15) is 9.59 Å². The van der Waals surface area contributed by atoms with Crippen LogP contribution in [-0.2, 0) is 28.3 Å². The van der Waals surface area contributed by atoms with Crippen LogP contribution in [0.5, 0.6) is 0 Å². The molecule has 1 aromatic rings. The summed E-state index contributed by atoms with van der Waals surface area (Å²) in [5.41, 5.74) is 4.20. The van der Waals surface area contributed by atoms with Gasteiger partial charge in [-0.05, 0) is 42.6 Å². The number of carbonyl (C=O) groups is 2. The lowest BCUT2D eigenvalue weighted by Crippen LogP contribution is -2.16. The highest BCUT2D eigenvalue weighted by atomic mass is 35.5. The van der Waals surface area contributed by atoms with Gasteiger partial charge in [-0.25, -0.2) is 0 Å². The van der Waals surface area contributed by atoms with E-state index in [-0.39, 0.29) is 0 Å². The van der Waals surface area contributed by atoms with Crippen LogP contribution in [0.3, 0.4) is 0 Å². The summed E-state index contributed by atoms with van der Waals surface area (Å²) in [5, 5.41) is 18.8. The zero-order valence-corrected chi connectivity index (χ0v) is 11.8. The Labute approximate surface area is 122 Å². The number of rotatable bonds is 3. The monoisotopic (exact) mass is 299 g/mol. The van der Waals surface area contributed by atoms with E-state index in [0.717, 1.165) is 25.9 Å². The van der Waals surface area contributed by atoms with E-state index in [1.165, 1.54) is 16.7 Å². The molecule has 0 saturated carbocycles. The molecule has 6 heteroatoms. The van der Waals surface area contributed by atoms with Crippen molar-refractivity contribution >= 4 is 23.5 Å². The minimum absolute atomic E-state index is 0.626. The number of aliphatic carboxylic acids is 2. The fraction of sp³-hybridized carbons (Fsp3) is 0.429. The molecule has 0 fully saturated rings. The molecule has 0 aromatic heterocycles. The molecule has 1 heterocycles. The summed E-state index contributed by atoms with van der Waals surface area (Å²) in [6, 6.07) is 6.60. The summed E-state index contributed by atoms with van der Waals surface area (Å²) < 4.78 is 0. The first kappa shape index (κ1) is 16.5. The number of benzene rings is 1. The normalized spacial score (nSPS) is 13.4. The predicted octanol–water partition coefficient (Wildman–Crippen LogP) is 1.66. The molecular formula is C14H18ClNO4. The number of hydrogen-bond donors (Lipinski definition) is 3. The van der Waals surface area contributed by atoms with Crippen LogP contribution < -0.4 is 5.32 Å². The van der Waals surface area contributed by atoms with Crippen LogP contribution in [-0.4, -0.2) is 35.2 Å². The lowest BCUT2D eigenvalue weighted by atomic mass is 10.0. The maximum absolute atomic E-state index is 9.43. The highest BCUT2D eigenvalue weighted by molar-refractivity contribution is 6.17. The number of halogens is 1. The van der Waals surface area contributed by atoms with Gasteiger partial charge in [0.25, 0.3) is 0 Å². The Balaban J connectivity index is 0.000000246. The summed E-state index contributed by atoms with van der Waals surface area (Å²) >= 11 is 5.79. The Bertz CT molecular complexity index is 464. The quantitative estimate of drug-likeness (QED) is 0.584. The third kappa shape index (κ3) is 6.04. The van der Waals surface area contributed by atoms with Gasteiger partial charge < -0.3 is 15.5 Å². The number of fused-ring (bicyclic) bond motifs is 1. The van der Waals surface area contributed by atoms with Crippen LogP contribution in [0.2, 0.25) is 0 Å². The van der Waals surface area contributed by atoms with Crippen LogP contribution in [0.1, 0.15) is 23.1 Å². The van der Waals surface area contributed by atoms with Gasteiger partial charge in [0.2, 0.25) is 0 Å². The SMILES string of the molecule is ClCc1ccc2c(c1)CCNCC2.O=C(O)CC(=O)O. The van der Waals surface area contributed by atoms with Crippen molar-refractivity contribution in [2.45, 2.75) is 25.1 Å². The van der Waals surface area contributed by atoms with Crippen molar-refractivity contribution in [2.24, 2.45) is 0 Å². The molecule has 0 radical (unpaired) electrons. The minimum atomic E-state index is -1.31. The van der Waals surface area contributed by atoms with Crippen molar-refractivity contribution in [1.29, 1.82) is 0 Å². The molecular weight excluding hydrogens is 282 g/mol. The van der Waals surface area contributed by atoms with Crippen molar-refractivity contribution in [1.82, 2.24) is 5.32 Å². The van der Waals surface area contributed by atoms with Gasteiger partial charge in [0.05, 0.1) is 0 Å². The van der Waals surface area contributed by atoms with E-state index >= 15 is 0 Å². The van der Waals surface area contributed by atoms with Crippen molar-refractivity contribution in [3.8, 4) is 0 Å². The Morgan fingerprint density at radius 3 is 2.20 bits per heavy atom. The van der Waals surface area contributed by atoms with E-state index in [0.29, 0.717) is 5.88 Å². The maximum Gasteiger partial charge on any atom is 0.314 e. The number of hydrogen-bond acceptors (Lipinski definition) is 3. The fourth-order valence-corrected chi connectivity index (χ4v) is 2.11. The summed E-state index contributed by atoms with van der Waals surface area (Å²) in [7, 11) is 0. The highest BCUT2D eigenvalue weighted by Gasteiger charge is 2.07. The summed E-state index contributed by atoms with van der Waals surface area (Å²) in [6.45, 7) is 2.20. The van der Waals surface area contributed by atoms with E-state index in [2.05, 4.69) is 23.5 Å². The zero-order chi connectivity index (χ0) is 15.0. The number of carboxylic acids is 2. The second kappa shape index (κ2) is 8.55. The number of nitrogens with one attached hydrogen (secondary N) is 1. The van der Waals surface area contributed by atoms with Crippen LogP contribution in [0.15, 0.2) is 18.2 Å². The first-order chi connectivity index (χ1) is 9.52. The van der Waals surface area contributed by atoms with Crippen LogP contribution in [0.4, 0.5) is 0 Å². The van der Waals surface area contributed by atoms with Gasteiger partial charge in [-0.2, -0.15) is 0 Å².